The summed E-state index contributed by atoms with van der Waals surface area (Å²) in [6.07, 6.45) is 1.79. The maximum Gasteiger partial charge on any atom is 0.0719 e. The number of nitrogens with zero attached hydrogens (tertiary/aromatic N) is 1. The Morgan fingerprint density at radius 2 is 1.94 bits per heavy atom. The van der Waals surface area contributed by atoms with Crippen molar-refractivity contribution < 1.29 is 5.11 Å². The van der Waals surface area contributed by atoms with Crippen LogP contribution < -0.4 is 0 Å². The van der Waals surface area contributed by atoms with Crippen LogP contribution in [0.25, 0.3) is 0 Å². The summed E-state index contributed by atoms with van der Waals surface area (Å²) in [5.41, 5.74) is 1.20. The number of rotatable bonds is 2. The number of hydrogen-bond donors (Lipinski definition) is 1. The SMILES string of the molecule is CC(c1ccccc1)N1CCCC(O)C1(C)C. The van der Waals surface area contributed by atoms with Crippen molar-refractivity contribution in [3.63, 3.8) is 0 Å². The van der Waals surface area contributed by atoms with Crippen LogP contribution in [0.5, 0.6) is 0 Å². The molecule has 1 aliphatic heterocycles. The Hall–Kier alpha value is -0.860. The third kappa shape index (κ3) is 2.38. The quantitative estimate of drug-likeness (QED) is 0.849. The number of benzene rings is 1. The van der Waals surface area contributed by atoms with E-state index in [0.717, 1.165) is 19.4 Å². The molecule has 2 unspecified atom stereocenters. The lowest BCUT2D eigenvalue weighted by Crippen LogP contribution is -2.56. The first-order valence-corrected chi connectivity index (χ1v) is 6.53. The summed E-state index contributed by atoms with van der Waals surface area (Å²) in [4.78, 5) is 2.43. The van der Waals surface area contributed by atoms with Crippen molar-refractivity contribution >= 4 is 0 Å². The van der Waals surface area contributed by atoms with Crippen LogP contribution in [0.1, 0.15) is 45.2 Å². The van der Waals surface area contributed by atoms with Crippen LogP contribution in [0.4, 0.5) is 0 Å². The van der Waals surface area contributed by atoms with Crippen LogP contribution >= 0.6 is 0 Å². The Morgan fingerprint density at radius 3 is 2.59 bits per heavy atom. The van der Waals surface area contributed by atoms with E-state index in [1.54, 1.807) is 0 Å². The Morgan fingerprint density at radius 1 is 1.29 bits per heavy atom. The zero-order chi connectivity index (χ0) is 12.5. The van der Waals surface area contributed by atoms with Crippen molar-refractivity contribution in [3.8, 4) is 0 Å². The molecule has 1 heterocycles. The summed E-state index contributed by atoms with van der Waals surface area (Å²) >= 11 is 0. The number of hydrogen-bond acceptors (Lipinski definition) is 2. The first kappa shape index (κ1) is 12.6. The van der Waals surface area contributed by atoms with Gasteiger partial charge in [-0.3, -0.25) is 4.90 Å². The highest BCUT2D eigenvalue weighted by Crippen LogP contribution is 2.35. The smallest absolute Gasteiger partial charge is 0.0719 e. The van der Waals surface area contributed by atoms with Crippen molar-refractivity contribution in [2.75, 3.05) is 6.54 Å². The molecule has 1 saturated heterocycles. The van der Waals surface area contributed by atoms with Crippen molar-refractivity contribution in [3.05, 3.63) is 35.9 Å². The molecule has 0 amide bonds. The van der Waals surface area contributed by atoms with Gasteiger partial charge >= 0.3 is 0 Å². The van der Waals surface area contributed by atoms with Gasteiger partial charge in [0.05, 0.1) is 6.10 Å². The second-order valence-corrected chi connectivity index (χ2v) is 5.59. The molecule has 1 aromatic rings. The summed E-state index contributed by atoms with van der Waals surface area (Å²) in [7, 11) is 0. The second-order valence-electron chi connectivity index (χ2n) is 5.59. The molecule has 1 aromatic carbocycles. The highest BCUT2D eigenvalue weighted by atomic mass is 16.3. The minimum absolute atomic E-state index is 0.131. The number of aliphatic hydroxyl groups is 1. The number of piperidine rings is 1. The van der Waals surface area contributed by atoms with E-state index in [4.69, 9.17) is 0 Å². The molecule has 2 heteroatoms. The monoisotopic (exact) mass is 233 g/mol. The molecular weight excluding hydrogens is 210 g/mol. The van der Waals surface area contributed by atoms with Crippen molar-refractivity contribution in [1.82, 2.24) is 4.90 Å². The summed E-state index contributed by atoms with van der Waals surface area (Å²) in [5, 5.41) is 10.2. The van der Waals surface area contributed by atoms with E-state index in [1.165, 1.54) is 5.56 Å². The molecule has 0 aliphatic carbocycles. The first-order valence-electron chi connectivity index (χ1n) is 6.53. The van der Waals surface area contributed by atoms with Crippen LogP contribution in [0.3, 0.4) is 0 Å². The van der Waals surface area contributed by atoms with Gasteiger partial charge in [-0.05, 0) is 45.7 Å². The molecule has 0 radical (unpaired) electrons. The van der Waals surface area contributed by atoms with E-state index in [-0.39, 0.29) is 11.6 Å². The van der Waals surface area contributed by atoms with Crippen molar-refractivity contribution in [2.24, 2.45) is 0 Å². The topological polar surface area (TPSA) is 23.5 Å². The molecule has 2 rings (SSSR count). The van der Waals surface area contributed by atoms with Gasteiger partial charge in [0, 0.05) is 11.6 Å². The van der Waals surface area contributed by atoms with Crippen LogP contribution in [-0.2, 0) is 0 Å². The lowest BCUT2D eigenvalue weighted by atomic mass is 9.85. The average Bonchev–Trinajstić information content (AvgIpc) is 2.33. The van der Waals surface area contributed by atoms with E-state index in [9.17, 15) is 5.11 Å². The summed E-state index contributed by atoms with van der Waals surface area (Å²) in [6.45, 7) is 7.60. The lowest BCUT2D eigenvalue weighted by Gasteiger charge is -2.49. The summed E-state index contributed by atoms with van der Waals surface area (Å²) in [5.74, 6) is 0. The van der Waals surface area contributed by atoms with Gasteiger partial charge in [0.15, 0.2) is 0 Å². The van der Waals surface area contributed by atoms with E-state index in [0.29, 0.717) is 6.04 Å². The summed E-state index contributed by atoms with van der Waals surface area (Å²) < 4.78 is 0. The molecule has 2 atom stereocenters. The molecule has 17 heavy (non-hydrogen) atoms. The molecule has 1 fully saturated rings. The Kier molecular flexibility index (Phi) is 3.55. The molecule has 94 valence electrons. The largest absolute Gasteiger partial charge is 0.391 e. The zero-order valence-corrected chi connectivity index (χ0v) is 11.1. The first-order chi connectivity index (χ1) is 8.03. The molecular formula is C15H23NO. The maximum absolute atomic E-state index is 10.2. The number of aliphatic hydroxyl groups excluding tert-OH is 1. The van der Waals surface area contributed by atoms with Crippen LogP contribution in [0.2, 0.25) is 0 Å². The van der Waals surface area contributed by atoms with Gasteiger partial charge in [0.25, 0.3) is 0 Å². The minimum atomic E-state index is -0.220. The molecule has 0 spiro atoms. The zero-order valence-electron chi connectivity index (χ0n) is 11.1. The molecule has 1 aliphatic rings. The predicted molar refractivity (Wildman–Crippen MR) is 70.9 cm³/mol. The van der Waals surface area contributed by atoms with Gasteiger partial charge in [-0.1, -0.05) is 30.3 Å². The summed E-state index contributed by atoms with van der Waals surface area (Å²) in [6, 6.07) is 10.9. The van der Waals surface area contributed by atoms with Gasteiger partial charge in [0.2, 0.25) is 0 Å². The highest BCUT2D eigenvalue weighted by Gasteiger charge is 2.39. The lowest BCUT2D eigenvalue weighted by molar-refractivity contribution is -0.0629. The van der Waals surface area contributed by atoms with E-state index in [1.807, 2.05) is 6.07 Å². The fourth-order valence-corrected chi connectivity index (χ4v) is 2.89. The molecule has 2 nitrogen and oxygen atoms in total. The maximum atomic E-state index is 10.2. The van der Waals surface area contributed by atoms with Gasteiger partial charge in [-0.2, -0.15) is 0 Å². The van der Waals surface area contributed by atoms with Crippen LogP contribution in [0.15, 0.2) is 30.3 Å². The van der Waals surface area contributed by atoms with Gasteiger partial charge < -0.3 is 5.11 Å². The second kappa shape index (κ2) is 4.79. The minimum Gasteiger partial charge on any atom is -0.391 e. The Balaban J connectivity index is 2.21. The molecule has 1 N–H and O–H groups in total. The third-order valence-electron chi connectivity index (χ3n) is 4.18. The van der Waals surface area contributed by atoms with E-state index >= 15 is 0 Å². The van der Waals surface area contributed by atoms with Gasteiger partial charge in [-0.15, -0.1) is 0 Å². The Labute approximate surface area is 104 Å². The van der Waals surface area contributed by atoms with Gasteiger partial charge in [0.1, 0.15) is 0 Å². The fourth-order valence-electron chi connectivity index (χ4n) is 2.89. The van der Waals surface area contributed by atoms with Crippen LogP contribution in [0, 0.1) is 0 Å². The predicted octanol–water partition coefficient (Wildman–Crippen LogP) is 2.98. The Bertz CT molecular complexity index is 360. The molecule has 0 aromatic heterocycles. The molecule has 0 saturated carbocycles. The van der Waals surface area contributed by atoms with E-state index < -0.39 is 0 Å². The van der Waals surface area contributed by atoms with Gasteiger partial charge in [-0.25, -0.2) is 0 Å². The molecule has 0 bridgehead atoms. The fraction of sp³-hybridized carbons (Fsp3) is 0.600. The normalized spacial score (nSPS) is 26.7. The van der Waals surface area contributed by atoms with Crippen LogP contribution in [-0.4, -0.2) is 28.2 Å². The highest BCUT2D eigenvalue weighted by molar-refractivity contribution is 5.19. The van der Waals surface area contributed by atoms with Crippen molar-refractivity contribution in [1.29, 1.82) is 0 Å². The standard InChI is InChI=1S/C15H23NO/c1-12(13-8-5-4-6-9-13)16-11-7-10-14(17)15(16,2)3/h4-6,8-9,12,14,17H,7,10-11H2,1-3H3. The van der Waals surface area contributed by atoms with E-state index in [2.05, 4.69) is 49.9 Å². The van der Waals surface area contributed by atoms with Crippen molar-refractivity contribution in [2.45, 2.75) is 51.3 Å². The third-order valence-corrected chi connectivity index (χ3v) is 4.18. The average molecular weight is 233 g/mol. The number of likely N-dealkylation sites (tertiary alicyclic amines) is 1.